The van der Waals surface area contributed by atoms with Crippen LogP contribution in [0.15, 0.2) is 22.9 Å². The topological polar surface area (TPSA) is 145 Å². The average molecular weight is 336 g/mol. The smallest absolute Gasteiger partial charge is 0.335 e. The highest BCUT2D eigenvalue weighted by atomic mass is 79.9. The first-order valence-electron chi connectivity index (χ1n) is 4.67. The second-order valence-corrected chi connectivity index (χ2v) is 4.04. The van der Waals surface area contributed by atoms with Gasteiger partial charge >= 0.3 is 11.9 Å². The van der Waals surface area contributed by atoms with Crippen LogP contribution in [0.4, 0.5) is 0 Å². The van der Waals surface area contributed by atoms with Gasteiger partial charge in [-0.05, 0) is 22.0 Å². The van der Waals surface area contributed by atoms with Crippen molar-refractivity contribution < 1.29 is 34.8 Å². The molecule has 0 radical (unpaired) electrons. The Kier molecular flexibility index (Phi) is 7.49. The zero-order valence-corrected chi connectivity index (χ0v) is 10.9. The number of halogens is 1. The number of carbonyl (C=O) groups is 3. The summed E-state index contributed by atoms with van der Waals surface area (Å²) in [6.45, 7) is 0. The SMILES string of the molecule is O=C(O)C(O)C(O)C(=O)O.O=Cc1cncc(Br)c1. The summed E-state index contributed by atoms with van der Waals surface area (Å²) in [5.74, 6) is -3.54. The highest BCUT2D eigenvalue weighted by Gasteiger charge is 2.29. The molecular formula is C10H10BrNO7. The van der Waals surface area contributed by atoms with Gasteiger partial charge in [0, 0.05) is 22.4 Å². The summed E-state index contributed by atoms with van der Waals surface area (Å²) >= 11 is 3.18. The molecule has 0 aliphatic carbocycles. The zero-order chi connectivity index (χ0) is 15.0. The number of aliphatic carboxylic acids is 2. The van der Waals surface area contributed by atoms with E-state index in [1.54, 1.807) is 12.3 Å². The molecule has 0 aliphatic heterocycles. The van der Waals surface area contributed by atoms with Crippen LogP contribution in [0.5, 0.6) is 0 Å². The van der Waals surface area contributed by atoms with E-state index < -0.39 is 24.1 Å². The molecule has 9 heteroatoms. The predicted molar refractivity (Wildman–Crippen MR) is 64.6 cm³/mol. The fourth-order valence-electron chi connectivity index (χ4n) is 0.763. The molecule has 1 aromatic rings. The molecule has 0 aromatic carbocycles. The lowest BCUT2D eigenvalue weighted by Crippen LogP contribution is -2.39. The van der Waals surface area contributed by atoms with Crippen LogP contribution in [0.1, 0.15) is 10.4 Å². The Morgan fingerprint density at radius 1 is 1.16 bits per heavy atom. The van der Waals surface area contributed by atoms with Gasteiger partial charge in [0.05, 0.1) is 0 Å². The molecule has 8 nitrogen and oxygen atoms in total. The Balaban J connectivity index is 0.000000342. The van der Waals surface area contributed by atoms with Crippen LogP contribution < -0.4 is 0 Å². The van der Waals surface area contributed by atoms with E-state index in [1.165, 1.54) is 6.20 Å². The number of carbonyl (C=O) groups excluding carboxylic acids is 1. The number of aldehydes is 1. The summed E-state index contributed by atoms with van der Waals surface area (Å²) < 4.78 is 0.826. The predicted octanol–water partition coefficient (Wildman–Crippen LogP) is -0.466. The first-order valence-corrected chi connectivity index (χ1v) is 5.46. The van der Waals surface area contributed by atoms with Gasteiger partial charge < -0.3 is 20.4 Å². The van der Waals surface area contributed by atoms with E-state index in [1.807, 2.05) is 0 Å². The molecule has 19 heavy (non-hydrogen) atoms. The molecule has 0 spiro atoms. The number of carboxylic acid groups (broad SMARTS) is 2. The molecule has 1 aromatic heterocycles. The highest BCUT2D eigenvalue weighted by molar-refractivity contribution is 9.10. The number of pyridine rings is 1. The third kappa shape index (κ3) is 6.60. The molecule has 0 fully saturated rings. The van der Waals surface area contributed by atoms with Gasteiger partial charge in [-0.25, -0.2) is 9.59 Å². The lowest BCUT2D eigenvalue weighted by Gasteiger charge is -2.07. The highest BCUT2D eigenvalue weighted by Crippen LogP contribution is 2.07. The van der Waals surface area contributed by atoms with Gasteiger partial charge in [0.1, 0.15) is 0 Å². The van der Waals surface area contributed by atoms with Crippen molar-refractivity contribution in [3.05, 3.63) is 28.5 Å². The Morgan fingerprint density at radius 3 is 1.89 bits per heavy atom. The van der Waals surface area contributed by atoms with Crippen LogP contribution in [0.3, 0.4) is 0 Å². The Bertz CT molecular complexity index is 447. The molecule has 2 atom stereocenters. The maximum atomic E-state index is 10.1. The second kappa shape index (κ2) is 8.29. The monoisotopic (exact) mass is 335 g/mol. The van der Waals surface area contributed by atoms with Crippen LogP contribution in [0, 0.1) is 0 Å². The van der Waals surface area contributed by atoms with E-state index in [2.05, 4.69) is 20.9 Å². The van der Waals surface area contributed by atoms with Crippen molar-refractivity contribution in [3.63, 3.8) is 0 Å². The fourth-order valence-corrected chi connectivity index (χ4v) is 1.15. The zero-order valence-electron chi connectivity index (χ0n) is 9.30. The summed E-state index contributed by atoms with van der Waals surface area (Å²) in [5.41, 5.74) is 0.587. The molecule has 0 saturated carbocycles. The molecule has 2 unspecified atom stereocenters. The molecule has 1 rings (SSSR count). The van der Waals surface area contributed by atoms with Gasteiger partial charge in [-0.15, -0.1) is 0 Å². The number of aliphatic hydroxyl groups excluding tert-OH is 2. The van der Waals surface area contributed by atoms with Crippen molar-refractivity contribution in [2.45, 2.75) is 12.2 Å². The molecule has 0 saturated heterocycles. The average Bonchev–Trinajstić information content (AvgIpc) is 2.37. The summed E-state index contributed by atoms with van der Waals surface area (Å²) in [6.07, 6.45) is -0.627. The standard InChI is InChI=1S/C6H4BrNO.C4H6O6/c7-6-1-5(4-9)2-8-3-6;5-1(3(7)8)2(6)4(9)10/h1-4H;1-2,5-6H,(H,7,8)(H,9,10). The van der Waals surface area contributed by atoms with Crippen LogP contribution in [-0.2, 0) is 9.59 Å². The van der Waals surface area contributed by atoms with Gasteiger partial charge in [-0.1, -0.05) is 0 Å². The fraction of sp³-hybridized carbons (Fsp3) is 0.200. The van der Waals surface area contributed by atoms with Crippen molar-refractivity contribution >= 4 is 34.2 Å². The minimum Gasteiger partial charge on any atom is -0.479 e. The number of aliphatic hydroxyl groups is 2. The van der Waals surface area contributed by atoms with Crippen molar-refractivity contribution in [3.8, 4) is 0 Å². The summed E-state index contributed by atoms with van der Waals surface area (Å²) in [7, 11) is 0. The van der Waals surface area contributed by atoms with Crippen molar-refractivity contribution in [1.82, 2.24) is 4.98 Å². The number of rotatable bonds is 4. The number of aromatic nitrogens is 1. The van der Waals surface area contributed by atoms with E-state index >= 15 is 0 Å². The van der Waals surface area contributed by atoms with Gasteiger partial charge in [-0.2, -0.15) is 0 Å². The van der Waals surface area contributed by atoms with Crippen LogP contribution >= 0.6 is 15.9 Å². The number of nitrogens with zero attached hydrogens (tertiary/aromatic N) is 1. The van der Waals surface area contributed by atoms with Crippen LogP contribution in [-0.4, -0.2) is 55.8 Å². The Labute approximate surface area is 115 Å². The van der Waals surface area contributed by atoms with E-state index in [0.717, 1.165) is 10.8 Å². The lowest BCUT2D eigenvalue weighted by molar-refractivity contribution is -0.165. The molecular weight excluding hydrogens is 326 g/mol. The van der Waals surface area contributed by atoms with Crippen LogP contribution in [0.2, 0.25) is 0 Å². The van der Waals surface area contributed by atoms with E-state index in [9.17, 15) is 14.4 Å². The van der Waals surface area contributed by atoms with Gasteiger partial charge in [0.2, 0.25) is 0 Å². The first kappa shape index (κ1) is 17.2. The molecule has 4 N–H and O–H groups in total. The number of hydrogen-bond acceptors (Lipinski definition) is 6. The first-order chi connectivity index (χ1) is 8.79. The number of hydrogen-bond donors (Lipinski definition) is 4. The van der Waals surface area contributed by atoms with Crippen LogP contribution in [0.25, 0.3) is 0 Å². The van der Waals surface area contributed by atoms with Crippen molar-refractivity contribution in [2.75, 3.05) is 0 Å². The molecule has 104 valence electrons. The minimum absolute atomic E-state index is 0.587. The molecule has 0 aliphatic rings. The minimum atomic E-state index is -2.27. The maximum absolute atomic E-state index is 10.1. The van der Waals surface area contributed by atoms with E-state index in [0.29, 0.717) is 5.56 Å². The summed E-state index contributed by atoms with van der Waals surface area (Å²) in [4.78, 5) is 33.4. The normalized spacial score (nSPS) is 12.6. The van der Waals surface area contributed by atoms with Gasteiger partial charge in [0.25, 0.3) is 0 Å². The second-order valence-electron chi connectivity index (χ2n) is 3.12. The van der Waals surface area contributed by atoms with Gasteiger partial charge in [0.15, 0.2) is 18.5 Å². The third-order valence-electron chi connectivity index (χ3n) is 1.67. The van der Waals surface area contributed by atoms with Crippen molar-refractivity contribution in [1.29, 1.82) is 0 Å². The van der Waals surface area contributed by atoms with Gasteiger partial charge in [-0.3, -0.25) is 9.78 Å². The maximum Gasteiger partial charge on any atom is 0.335 e. The van der Waals surface area contributed by atoms with E-state index in [4.69, 9.17) is 20.4 Å². The number of carboxylic acids is 2. The lowest BCUT2D eigenvalue weighted by atomic mass is 10.2. The third-order valence-corrected chi connectivity index (χ3v) is 2.10. The van der Waals surface area contributed by atoms with E-state index in [-0.39, 0.29) is 0 Å². The Morgan fingerprint density at radius 2 is 1.63 bits per heavy atom. The summed E-state index contributed by atoms with van der Waals surface area (Å²) in [5, 5.41) is 32.5. The van der Waals surface area contributed by atoms with Crippen molar-refractivity contribution in [2.24, 2.45) is 0 Å². The largest absolute Gasteiger partial charge is 0.479 e. The molecule has 0 bridgehead atoms. The molecule has 0 amide bonds. The summed E-state index contributed by atoms with van der Waals surface area (Å²) in [6, 6.07) is 1.71. The molecule has 1 heterocycles. The quantitative estimate of drug-likeness (QED) is 0.540. The Hall–Kier alpha value is -1.84.